The molecule has 0 saturated heterocycles. The monoisotopic (exact) mass is 209 g/mol. The molecule has 0 unspecified atom stereocenters. The van der Waals surface area contributed by atoms with Gasteiger partial charge in [-0.05, 0) is 19.3 Å². The van der Waals surface area contributed by atoms with E-state index in [1.807, 2.05) is 5.32 Å². The van der Waals surface area contributed by atoms with Gasteiger partial charge in [0, 0.05) is 6.04 Å². The third-order valence-electron chi connectivity index (χ3n) is 2.55. The zero-order chi connectivity index (χ0) is 10.8. The van der Waals surface area contributed by atoms with E-state index in [9.17, 15) is 18.0 Å². The van der Waals surface area contributed by atoms with Crippen molar-refractivity contribution in [3.63, 3.8) is 0 Å². The van der Waals surface area contributed by atoms with E-state index in [0.29, 0.717) is 12.3 Å². The lowest BCUT2D eigenvalue weighted by Crippen LogP contribution is -2.42. The van der Waals surface area contributed by atoms with E-state index in [4.69, 9.17) is 0 Å². The van der Waals surface area contributed by atoms with Gasteiger partial charge in [0.15, 0.2) is 0 Å². The molecular formula is C9H14F3NO. The molecule has 1 atom stereocenters. The Labute approximate surface area is 80.9 Å². The Hall–Kier alpha value is -0.740. The largest absolute Gasteiger partial charge is 0.471 e. The van der Waals surface area contributed by atoms with E-state index in [-0.39, 0.29) is 6.04 Å². The maximum absolute atomic E-state index is 11.8. The first-order chi connectivity index (χ1) is 6.39. The number of halogens is 3. The summed E-state index contributed by atoms with van der Waals surface area (Å²) in [7, 11) is 0. The van der Waals surface area contributed by atoms with Gasteiger partial charge in [0.05, 0.1) is 0 Å². The predicted molar refractivity (Wildman–Crippen MR) is 45.6 cm³/mol. The van der Waals surface area contributed by atoms with Crippen LogP contribution in [0.15, 0.2) is 0 Å². The number of rotatable bonds is 3. The number of hydrogen-bond donors (Lipinski definition) is 1. The standard InChI is InChI=1S/C9H14F3NO/c1-6(5-7-3-2-4-7)13-8(14)9(10,11)12/h6-7H,2-5H2,1H3,(H,13,14)/t6-/m0/s1. The third kappa shape index (κ3) is 3.20. The first-order valence-corrected chi connectivity index (χ1v) is 4.77. The third-order valence-corrected chi connectivity index (χ3v) is 2.55. The summed E-state index contributed by atoms with van der Waals surface area (Å²) in [6.45, 7) is 1.61. The summed E-state index contributed by atoms with van der Waals surface area (Å²) in [5.41, 5.74) is 0. The van der Waals surface area contributed by atoms with Gasteiger partial charge >= 0.3 is 12.1 Å². The van der Waals surface area contributed by atoms with Crippen LogP contribution < -0.4 is 5.32 Å². The second-order valence-corrected chi connectivity index (χ2v) is 3.90. The van der Waals surface area contributed by atoms with Crippen LogP contribution >= 0.6 is 0 Å². The zero-order valence-corrected chi connectivity index (χ0v) is 8.03. The molecule has 0 aromatic carbocycles. The predicted octanol–water partition coefficient (Wildman–Crippen LogP) is 2.24. The molecule has 0 bridgehead atoms. The number of alkyl halides is 3. The Morgan fingerprint density at radius 1 is 1.50 bits per heavy atom. The number of hydrogen-bond acceptors (Lipinski definition) is 1. The van der Waals surface area contributed by atoms with Crippen molar-refractivity contribution in [2.24, 2.45) is 5.92 Å². The fourth-order valence-corrected chi connectivity index (χ4v) is 1.59. The normalized spacial score (nSPS) is 20.0. The van der Waals surface area contributed by atoms with Crippen LogP contribution in [0, 0.1) is 5.92 Å². The van der Waals surface area contributed by atoms with Gasteiger partial charge in [-0.25, -0.2) is 0 Å². The molecule has 0 spiro atoms. The molecule has 0 heterocycles. The summed E-state index contributed by atoms with van der Waals surface area (Å²) in [6, 6.07) is -0.380. The van der Waals surface area contributed by atoms with Crippen molar-refractivity contribution in [3.05, 3.63) is 0 Å². The molecule has 5 heteroatoms. The van der Waals surface area contributed by atoms with Gasteiger partial charge in [0.25, 0.3) is 0 Å². The topological polar surface area (TPSA) is 29.1 Å². The van der Waals surface area contributed by atoms with E-state index in [1.165, 1.54) is 0 Å². The van der Waals surface area contributed by atoms with Crippen LogP contribution in [0.25, 0.3) is 0 Å². The SMILES string of the molecule is C[C@@H](CC1CCC1)NC(=O)C(F)(F)F. The summed E-state index contributed by atoms with van der Waals surface area (Å²) in [5, 5.41) is 1.96. The summed E-state index contributed by atoms with van der Waals surface area (Å²) in [6.07, 6.45) is -0.793. The molecule has 2 nitrogen and oxygen atoms in total. The van der Waals surface area contributed by atoms with Gasteiger partial charge in [-0.1, -0.05) is 19.3 Å². The van der Waals surface area contributed by atoms with Crippen LogP contribution in [-0.4, -0.2) is 18.1 Å². The van der Waals surface area contributed by atoms with Gasteiger partial charge in [-0.3, -0.25) is 4.79 Å². The summed E-state index contributed by atoms with van der Waals surface area (Å²) < 4.78 is 35.5. The van der Waals surface area contributed by atoms with Gasteiger partial charge in [-0.2, -0.15) is 13.2 Å². The van der Waals surface area contributed by atoms with Crippen LogP contribution in [0.3, 0.4) is 0 Å². The average molecular weight is 209 g/mol. The molecule has 14 heavy (non-hydrogen) atoms. The molecule has 0 aromatic heterocycles. The molecule has 1 aliphatic rings. The first-order valence-electron chi connectivity index (χ1n) is 4.77. The van der Waals surface area contributed by atoms with Gasteiger partial charge < -0.3 is 5.32 Å². The number of carbonyl (C=O) groups excluding carboxylic acids is 1. The van der Waals surface area contributed by atoms with Crippen molar-refractivity contribution in [2.75, 3.05) is 0 Å². The van der Waals surface area contributed by atoms with Crippen LogP contribution in [0.4, 0.5) is 13.2 Å². The lowest BCUT2D eigenvalue weighted by Gasteiger charge is -2.28. The summed E-state index contributed by atoms with van der Waals surface area (Å²) >= 11 is 0. The van der Waals surface area contributed by atoms with Gasteiger partial charge in [0.2, 0.25) is 0 Å². The Kier molecular flexibility index (Phi) is 3.39. The molecule has 1 fully saturated rings. The van der Waals surface area contributed by atoms with Crippen molar-refractivity contribution < 1.29 is 18.0 Å². The van der Waals surface area contributed by atoms with Crippen LogP contribution in [0.5, 0.6) is 0 Å². The van der Waals surface area contributed by atoms with Crippen molar-refractivity contribution in [1.82, 2.24) is 5.32 Å². The van der Waals surface area contributed by atoms with Crippen LogP contribution in [0.2, 0.25) is 0 Å². The molecule has 0 radical (unpaired) electrons. The fraction of sp³-hybridized carbons (Fsp3) is 0.889. The van der Waals surface area contributed by atoms with Crippen molar-refractivity contribution in [2.45, 2.75) is 44.8 Å². The summed E-state index contributed by atoms with van der Waals surface area (Å²) in [4.78, 5) is 10.5. The van der Waals surface area contributed by atoms with Crippen LogP contribution in [0.1, 0.15) is 32.6 Å². The van der Waals surface area contributed by atoms with E-state index >= 15 is 0 Å². The highest BCUT2D eigenvalue weighted by atomic mass is 19.4. The zero-order valence-electron chi connectivity index (χ0n) is 8.03. The lowest BCUT2D eigenvalue weighted by atomic mass is 9.81. The van der Waals surface area contributed by atoms with Crippen LogP contribution in [-0.2, 0) is 4.79 Å². The summed E-state index contributed by atoms with van der Waals surface area (Å²) in [5.74, 6) is -1.33. The number of nitrogens with one attached hydrogen (secondary N) is 1. The van der Waals surface area contributed by atoms with Crippen molar-refractivity contribution in [3.8, 4) is 0 Å². The molecular weight excluding hydrogens is 195 g/mol. The highest BCUT2D eigenvalue weighted by Gasteiger charge is 2.39. The van der Waals surface area contributed by atoms with E-state index in [2.05, 4.69) is 0 Å². The molecule has 1 N–H and O–H groups in total. The molecule has 0 aliphatic heterocycles. The fourth-order valence-electron chi connectivity index (χ4n) is 1.59. The van der Waals surface area contributed by atoms with Gasteiger partial charge in [-0.15, -0.1) is 0 Å². The Morgan fingerprint density at radius 3 is 2.43 bits per heavy atom. The number of carbonyl (C=O) groups is 1. The lowest BCUT2D eigenvalue weighted by molar-refractivity contribution is -0.174. The Bertz CT molecular complexity index is 211. The van der Waals surface area contributed by atoms with E-state index < -0.39 is 12.1 Å². The molecule has 1 saturated carbocycles. The quantitative estimate of drug-likeness (QED) is 0.758. The van der Waals surface area contributed by atoms with E-state index in [1.54, 1.807) is 6.92 Å². The minimum Gasteiger partial charge on any atom is -0.346 e. The minimum absolute atomic E-state index is 0.380. The molecule has 1 rings (SSSR count). The smallest absolute Gasteiger partial charge is 0.346 e. The van der Waals surface area contributed by atoms with Gasteiger partial charge in [0.1, 0.15) is 0 Å². The Balaban J connectivity index is 2.25. The van der Waals surface area contributed by atoms with Crippen molar-refractivity contribution in [1.29, 1.82) is 0 Å². The highest BCUT2D eigenvalue weighted by Crippen LogP contribution is 2.30. The maximum atomic E-state index is 11.8. The molecule has 0 aromatic rings. The highest BCUT2D eigenvalue weighted by molar-refractivity contribution is 5.81. The van der Waals surface area contributed by atoms with E-state index in [0.717, 1.165) is 19.3 Å². The second-order valence-electron chi connectivity index (χ2n) is 3.90. The minimum atomic E-state index is -4.76. The molecule has 1 aliphatic carbocycles. The average Bonchev–Trinajstić information content (AvgIpc) is 1.95. The first kappa shape index (κ1) is 11.3. The molecule has 1 amide bonds. The maximum Gasteiger partial charge on any atom is 0.471 e. The molecule has 82 valence electrons. The Morgan fingerprint density at radius 2 is 2.07 bits per heavy atom. The number of amides is 1. The van der Waals surface area contributed by atoms with Crippen molar-refractivity contribution >= 4 is 5.91 Å². The second kappa shape index (κ2) is 4.19.